The number of ether oxygens (including phenoxy) is 1. The van der Waals surface area contributed by atoms with E-state index in [1.807, 2.05) is 44.1 Å². The molecule has 0 saturated heterocycles. The first-order valence-corrected chi connectivity index (χ1v) is 8.33. The van der Waals surface area contributed by atoms with E-state index in [2.05, 4.69) is 26.5 Å². The third kappa shape index (κ3) is 4.83. The number of hydrazone groups is 1. The zero-order valence-electron chi connectivity index (χ0n) is 13.9. The van der Waals surface area contributed by atoms with Crippen molar-refractivity contribution in [2.24, 2.45) is 5.10 Å². The average Bonchev–Trinajstić information content (AvgIpc) is 2.55. The standard InChI is InChI=1S/C18H20BrN3O2/c1-4-24-15-8-6-14(7-9-15)18(23)21-20-12-13-5-10-17(22(2)3)16(19)11-13/h5-12H,4H2,1-3H3,(H,21,23)/b20-12+. The van der Waals surface area contributed by atoms with Crippen LogP contribution in [0.5, 0.6) is 5.75 Å². The van der Waals surface area contributed by atoms with Crippen LogP contribution in [0.1, 0.15) is 22.8 Å². The van der Waals surface area contributed by atoms with Crippen molar-refractivity contribution in [3.05, 3.63) is 58.1 Å². The molecular weight excluding hydrogens is 370 g/mol. The van der Waals surface area contributed by atoms with E-state index in [4.69, 9.17) is 4.74 Å². The Morgan fingerprint density at radius 1 is 1.25 bits per heavy atom. The average molecular weight is 390 g/mol. The molecular formula is C18H20BrN3O2. The number of carbonyl (C=O) groups is 1. The number of nitrogens with one attached hydrogen (secondary N) is 1. The lowest BCUT2D eigenvalue weighted by atomic mass is 10.2. The molecule has 0 aliphatic heterocycles. The zero-order valence-corrected chi connectivity index (χ0v) is 15.5. The van der Waals surface area contributed by atoms with Crippen molar-refractivity contribution in [1.82, 2.24) is 5.43 Å². The number of carbonyl (C=O) groups excluding carboxylic acids is 1. The van der Waals surface area contributed by atoms with Gasteiger partial charge in [0.15, 0.2) is 0 Å². The van der Waals surface area contributed by atoms with Gasteiger partial charge in [0.05, 0.1) is 18.5 Å². The second-order valence-corrected chi connectivity index (χ2v) is 6.12. The van der Waals surface area contributed by atoms with Crippen LogP contribution in [0.15, 0.2) is 52.0 Å². The molecule has 0 fully saturated rings. The molecule has 0 bridgehead atoms. The number of halogens is 1. The highest BCUT2D eigenvalue weighted by atomic mass is 79.9. The van der Waals surface area contributed by atoms with Gasteiger partial charge < -0.3 is 9.64 Å². The Labute approximate surface area is 150 Å². The molecule has 0 spiro atoms. The Morgan fingerprint density at radius 2 is 1.96 bits per heavy atom. The third-order valence-corrected chi connectivity index (χ3v) is 3.90. The number of hydrogen-bond donors (Lipinski definition) is 1. The number of rotatable bonds is 6. The summed E-state index contributed by atoms with van der Waals surface area (Å²) in [6.07, 6.45) is 1.61. The van der Waals surface area contributed by atoms with E-state index in [0.29, 0.717) is 12.2 Å². The Balaban J connectivity index is 1.98. The molecule has 0 unspecified atom stereocenters. The molecule has 0 atom stereocenters. The summed E-state index contributed by atoms with van der Waals surface area (Å²) >= 11 is 3.52. The summed E-state index contributed by atoms with van der Waals surface area (Å²) < 4.78 is 6.31. The fourth-order valence-electron chi connectivity index (χ4n) is 2.07. The quantitative estimate of drug-likeness (QED) is 0.605. The number of nitrogens with zero attached hydrogens (tertiary/aromatic N) is 2. The van der Waals surface area contributed by atoms with Crippen LogP contribution in [0.3, 0.4) is 0 Å². The molecule has 2 aromatic rings. The first-order valence-electron chi connectivity index (χ1n) is 7.54. The number of hydrogen-bond acceptors (Lipinski definition) is 4. The molecule has 24 heavy (non-hydrogen) atoms. The molecule has 0 aromatic heterocycles. The summed E-state index contributed by atoms with van der Waals surface area (Å²) in [4.78, 5) is 14.0. The van der Waals surface area contributed by atoms with Gasteiger partial charge in [-0.25, -0.2) is 5.43 Å². The minimum Gasteiger partial charge on any atom is -0.494 e. The second kappa shape index (κ2) is 8.49. The maximum absolute atomic E-state index is 12.0. The van der Waals surface area contributed by atoms with E-state index in [1.165, 1.54) is 0 Å². The minimum atomic E-state index is -0.265. The lowest BCUT2D eigenvalue weighted by molar-refractivity contribution is 0.0955. The highest BCUT2D eigenvalue weighted by molar-refractivity contribution is 9.10. The van der Waals surface area contributed by atoms with Crippen molar-refractivity contribution in [2.75, 3.05) is 25.6 Å². The lowest BCUT2D eigenvalue weighted by Gasteiger charge is -2.14. The van der Waals surface area contributed by atoms with Gasteiger partial charge in [-0.15, -0.1) is 0 Å². The van der Waals surface area contributed by atoms with Gasteiger partial charge in [0.25, 0.3) is 5.91 Å². The first-order chi connectivity index (χ1) is 11.5. The van der Waals surface area contributed by atoms with Crippen LogP contribution in [0.2, 0.25) is 0 Å². The fourth-order valence-corrected chi connectivity index (χ4v) is 2.82. The van der Waals surface area contributed by atoms with Gasteiger partial charge in [-0.3, -0.25) is 4.79 Å². The fraction of sp³-hybridized carbons (Fsp3) is 0.222. The van der Waals surface area contributed by atoms with Gasteiger partial charge in [-0.1, -0.05) is 6.07 Å². The van der Waals surface area contributed by atoms with Gasteiger partial charge >= 0.3 is 0 Å². The molecule has 2 aromatic carbocycles. The van der Waals surface area contributed by atoms with Crippen LogP contribution in [0.4, 0.5) is 5.69 Å². The normalized spacial score (nSPS) is 10.7. The molecule has 0 heterocycles. The molecule has 0 radical (unpaired) electrons. The molecule has 6 heteroatoms. The van der Waals surface area contributed by atoms with Gasteiger partial charge in [-0.05, 0) is 64.8 Å². The molecule has 0 saturated carbocycles. The van der Waals surface area contributed by atoms with E-state index < -0.39 is 0 Å². The lowest BCUT2D eigenvalue weighted by Crippen LogP contribution is -2.17. The summed E-state index contributed by atoms with van der Waals surface area (Å²) in [5.74, 6) is 0.474. The smallest absolute Gasteiger partial charge is 0.271 e. The van der Waals surface area contributed by atoms with Crippen molar-refractivity contribution in [3.63, 3.8) is 0 Å². The molecule has 0 aliphatic carbocycles. The van der Waals surface area contributed by atoms with E-state index >= 15 is 0 Å². The van der Waals surface area contributed by atoms with Gasteiger partial charge in [-0.2, -0.15) is 5.10 Å². The maximum atomic E-state index is 12.0. The SMILES string of the molecule is CCOc1ccc(C(=O)N/N=C/c2ccc(N(C)C)c(Br)c2)cc1. The van der Waals surface area contributed by atoms with Crippen molar-refractivity contribution < 1.29 is 9.53 Å². The summed E-state index contributed by atoms with van der Waals surface area (Å²) in [5.41, 5.74) is 5.01. The molecule has 2 rings (SSSR count). The van der Waals surface area contributed by atoms with Crippen LogP contribution in [0.25, 0.3) is 0 Å². The Bertz CT molecular complexity index is 728. The molecule has 5 nitrogen and oxygen atoms in total. The van der Waals surface area contributed by atoms with Crippen molar-refractivity contribution >= 4 is 33.7 Å². The van der Waals surface area contributed by atoms with E-state index in [1.54, 1.807) is 30.5 Å². The Hall–Kier alpha value is -2.34. The highest BCUT2D eigenvalue weighted by Gasteiger charge is 2.05. The monoisotopic (exact) mass is 389 g/mol. The van der Waals surface area contributed by atoms with Crippen LogP contribution < -0.4 is 15.1 Å². The molecule has 1 amide bonds. The third-order valence-electron chi connectivity index (χ3n) is 3.26. The van der Waals surface area contributed by atoms with Crippen molar-refractivity contribution in [2.45, 2.75) is 6.92 Å². The van der Waals surface area contributed by atoms with Crippen LogP contribution in [-0.4, -0.2) is 32.8 Å². The minimum absolute atomic E-state index is 0.265. The Morgan fingerprint density at radius 3 is 2.54 bits per heavy atom. The largest absolute Gasteiger partial charge is 0.494 e. The van der Waals surface area contributed by atoms with Crippen LogP contribution in [0, 0.1) is 0 Å². The predicted octanol–water partition coefficient (Wildman–Crippen LogP) is 3.68. The van der Waals surface area contributed by atoms with Crippen LogP contribution in [-0.2, 0) is 0 Å². The van der Waals surface area contributed by atoms with Crippen molar-refractivity contribution in [3.8, 4) is 5.75 Å². The topological polar surface area (TPSA) is 53.9 Å². The number of amides is 1. The van der Waals surface area contributed by atoms with Gasteiger partial charge in [0, 0.05) is 24.1 Å². The first kappa shape index (κ1) is 18.0. The van der Waals surface area contributed by atoms with Gasteiger partial charge in [0.2, 0.25) is 0 Å². The summed E-state index contributed by atoms with van der Waals surface area (Å²) in [6.45, 7) is 2.51. The summed E-state index contributed by atoms with van der Waals surface area (Å²) in [5, 5.41) is 4.00. The number of benzene rings is 2. The van der Waals surface area contributed by atoms with E-state index in [9.17, 15) is 4.79 Å². The summed E-state index contributed by atoms with van der Waals surface area (Å²) in [6, 6.07) is 12.8. The molecule has 126 valence electrons. The predicted molar refractivity (Wildman–Crippen MR) is 101 cm³/mol. The Kier molecular flexibility index (Phi) is 6.37. The van der Waals surface area contributed by atoms with E-state index in [-0.39, 0.29) is 5.91 Å². The zero-order chi connectivity index (χ0) is 17.5. The molecule has 1 N–H and O–H groups in total. The number of anilines is 1. The second-order valence-electron chi connectivity index (χ2n) is 5.26. The highest BCUT2D eigenvalue weighted by Crippen LogP contribution is 2.25. The maximum Gasteiger partial charge on any atom is 0.271 e. The molecule has 0 aliphatic rings. The van der Waals surface area contributed by atoms with Crippen LogP contribution >= 0.6 is 15.9 Å². The summed E-state index contributed by atoms with van der Waals surface area (Å²) in [7, 11) is 3.95. The van der Waals surface area contributed by atoms with E-state index in [0.717, 1.165) is 21.5 Å². The van der Waals surface area contributed by atoms with Crippen molar-refractivity contribution in [1.29, 1.82) is 0 Å². The van der Waals surface area contributed by atoms with Gasteiger partial charge in [0.1, 0.15) is 5.75 Å².